The molecule has 1 N–H and O–H groups in total. The van der Waals surface area contributed by atoms with Crippen molar-refractivity contribution in [1.82, 2.24) is 14.7 Å². The van der Waals surface area contributed by atoms with Crippen molar-refractivity contribution in [3.63, 3.8) is 0 Å². The number of carbonyl (C=O) groups is 2. The summed E-state index contributed by atoms with van der Waals surface area (Å²) in [6, 6.07) is 15.6. The van der Waals surface area contributed by atoms with Gasteiger partial charge >= 0.3 is 0 Å². The highest BCUT2D eigenvalue weighted by atomic mass is 32.2. The quantitative estimate of drug-likeness (QED) is 0.703. The molecule has 0 saturated carbocycles. The summed E-state index contributed by atoms with van der Waals surface area (Å²) in [6.45, 7) is 1.16. The molecule has 4 rings (SSSR count). The minimum Gasteiger partial charge on any atom is -0.337 e. The van der Waals surface area contributed by atoms with Gasteiger partial charge in [0, 0.05) is 48.0 Å². The van der Waals surface area contributed by atoms with Gasteiger partial charge in [-0.05, 0) is 23.8 Å². The van der Waals surface area contributed by atoms with Crippen LogP contribution in [0.15, 0.2) is 65.8 Å². The van der Waals surface area contributed by atoms with Crippen LogP contribution in [0.4, 0.5) is 5.69 Å². The van der Waals surface area contributed by atoms with Gasteiger partial charge in [-0.1, -0.05) is 30.3 Å². The molecule has 0 radical (unpaired) electrons. The van der Waals surface area contributed by atoms with Gasteiger partial charge < -0.3 is 10.2 Å². The summed E-state index contributed by atoms with van der Waals surface area (Å²) in [4.78, 5) is 27.3. The van der Waals surface area contributed by atoms with Gasteiger partial charge in [0.2, 0.25) is 5.91 Å². The molecule has 2 heterocycles. The van der Waals surface area contributed by atoms with Gasteiger partial charge in [-0.15, -0.1) is 11.8 Å². The maximum absolute atomic E-state index is 12.9. The van der Waals surface area contributed by atoms with Gasteiger partial charge in [-0.3, -0.25) is 14.3 Å². The van der Waals surface area contributed by atoms with Crippen LogP contribution >= 0.6 is 11.8 Å². The Morgan fingerprint density at radius 1 is 1.21 bits per heavy atom. The van der Waals surface area contributed by atoms with E-state index in [-0.39, 0.29) is 11.8 Å². The number of hydrogen-bond acceptors (Lipinski definition) is 4. The van der Waals surface area contributed by atoms with Crippen LogP contribution in [0.25, 0.3) is 0 Å². The summed E-state index contributed by atoms with van der Waals surface area (Å²) >= 11 is 1.63. The van der Waals surface area contributed by atoms with E-state index in [4.69, 9.17) is 0 Å². The van der Waals surface area contributed by atoms with Crippen molar-refractivity contribution in [3.05, 3.63) is 77.6 Å². The van der Waals surface area contributed by atoms with E-state index < -0.39 is 0 Å². The number of amides is 2. The average molecular weight is 407 g/mol. The Morgan fingerprint density at radius 3 is 2.86 bits per heavy atom. The Hall–Kier alpha value is -3.06. The Balaban J connectivity index is 1.43. The molecular weight excluding hydrogens is 384 g/mol. The lowest BCUT2D eigenvalue weighted by molar-refractivity contribution is -0.115. The van der Waals surface area contributed by atoms with Gasteiger partial charge in [0.05, 0.1) is 18.4 Å². The zero-order chi connectivity index (χ0) is 20.2. The highest BCUT2D eigenvalue weighted by Gasteiger charge is 2.18. The Bertz CT molecular complexity index is 1030. The van der Waals surface area contributed by atoms with E-state index in [2.05, 4.69) is 22.5 Å². The van der Waals surface area contributed by atoms with Crippen LogP contribution in [-0.4, -0.2) is 39.3 Å². The molecule has 3 aromatic rings. The fourth-order valence-corrected chi connectivity index (χ4v) is 4.20. The van der Waals surface area contributed by atoms with Gasteiger partial charge in [-0.25, -0.2) is 0 Å². The molecule has 2 aromatic carbocycles. The first-order valence-corrected chi connectivity index (χ1v) is 10.4. The molecule has 0 bridgehead atoms. The van der Waals surface area contributed by atoms with Crippen molar-refractivity contribution in [3.8, 4) is 0 Å². The van der Waals surface area contributed by atoms with Gasteiger partial charge in [0.1, 0.15) is 0 Å². The molecule has 0 unspecified atom stereocenters. The van der Waals surface area contributed by atoms with E-state index in [9.17, 15) is 9.59 Å². The molecule has 29 heavy (non-hydrogen) atoms. The van der Waals surface area contributed by atoms with E-state index in [0.717, 1.165) is 16.2 Å². The third kappa shape index (κ3) is 4.68. The SMILES string of the molecule is CN(Cc1cnn(Cc2ccccc2)c1)C(=O)c1ccc2c(c1)NC(=O)CCS2. The van der Waals surface area contributed by atoms with E-state index in [0.29, 0.717) is 30.8 Å². The number of carbonyl (C=O) groups excluding carboxylic acids is 2. The zero-order valence-electron chi connectivity index (χ0n) is 16.2. The summed E-state index contributed by atoms with van der Waals surface area (Å²) < 4.78 is 1.87. The van der Waals surface area contributed by atoms with E-state index in [1.807, 2.05) is 41.2 Å². The van der Waals surface area contributed by atoms with Crippen molar-refractivity contribution < 1.29 is 9.59 Å². The smallest absolute Gasteiger partial charge is 0.253 e. The molecule has 1 aromatic heterocycles. The van der Waals surface area contributed by atoms with Gasteiger partial charge in [-0.2, -0.15) is 5.10 Å². The second-order valence-corrected chi connectivity index (χ2v) is 8.19. The van der Waals surface area contributed by atoms with Crippen LogP contribution in [0.1, 0.15) is 27.9 Å². The van der Waals surface area contributed by atoms with Crippen LogP contribution in [0, 0.1) is 0 Å². The maximum atomic E-state index is 12.9. The maximum Gasteiger partial charge on any atom is 0.253 e. The number of rotatable bonds is 5. The zero-order valence-corrected chi connectivity index (χ0v) is 17.0. The minimum atomic E-state index is -0.0906. The largest absolute Gasteiger partial charge is 0.337 e. The van der Waals surface area contributed by atoms with E-state index in [1.54, 1.807) is 36.0 Å². The summed E-state index contributed by atoms with van der Waals surface area (Å²) in [6.07, 6.45) is 4.24. The second-order valence-electron chi connectivity index (χ2n) is 7.05. The predicted octanol–water partition coefficient (Wildman–Crippen LogP) is 3.64. The number of benzene rings is 2. The Kier molecular flexibility index (Phi) is 5.67. The second kappa shape index (κ2) is 8.53. The van der Waals surface area contributed by atoms with Crippen molar-refractivity contribution in [2.75, 3.05) is 18.1 Å². The lowest BCUT2D eigenvalue weighted by Crippen LogP contribution is -2.26. The van der Waals surface area contributed by atoms with Gasteiger partial charge in [0.15, 0.2) is 0 Å². The molecule has 7 heteroatoms. The van der Waals surface area contributed by atoms with Crippen molar-refractivity contribution in [1.29, 1.82) is 0 Å². The van der Waals surface area contributed by atoms with Crippen molar-refractivity contribution >= 4 is 29.3 Å². The van der Waals surface area contributed by atoms with Crippen LogP contribution in [-0.2, 0) is 17.9 Å². The Labute approximate surface area is 173 Å². The van der Waals surface area contributed by atoms with Crippen molar-refractivity contribution in [2.24, 2.45) is 0 Å². The summed E-state index contributed by atoms with van der Waals surface area (Å²) in [5.74, 6) is 0.645. The lowest BCUT2D eigenvalue weighted by atomic mass is 10.1. The first-order valence-electron chi connectivity index (χ1n) is 9.46. The fraction of sp³-hybridized carbons (Fsp3) is 0.227. The molecular formula is C22H22N4O2S. The predicted molar refractivity (Wildman–Crippen MR) is 114 cm³/mol. The molecule has 2 amide bonds. The molecule has 0 atom stereocenters. The van der Waals surface area contributed by atoms with Crippen molar-refractivity contribution in [2.45, 2.75) is 24.4 Å². The number of anilines is 1. The first kappa shape index (κ1) is 19.3. The highest BCUT2D eigenvalue weighted by Crippen LogP contribution is 2.31. The van der Waals surface area contributed by atoms with Gasteiger partial charge in [0.25, 0.3) is 5.91 Å². The lowest BCUT2D eigenvalue weighted by Gasteiger charge is -2.17. The molecule has 0 fully saturated rings. The van der Waals surface area contributed by atoms with E-state index in [1.165, 1.54) is 5.56 Å². The average Bonchev–Trinajstić information content (AvgIpc) is 3.06. The van der Waals surface area contributed by atoms with E-state index >= 15 is 0 Å². The van der Waals surface area contributed by atoms with Crippen LogP contribution in [0.2, 0.25) is 0 Å². The number of thioether (sulfide) groups is 1. The topological polar surface area (TPSA) is 67.2 Å². The molecule has 6 nitrogen and oxygen atoms in total. The monoisotopic (exact) mass is 406 g/mol. The number of nitrogens with zero attached hydrogens (tertiary/aromatic N) is 3. The summed E-state index contributed by atoms with van der Waals surface area (Å²) in [7, 11) is 1.77. The molecule has 0 saturated heterocycles. The molecule has 1 aliphatic heterocycles. The summed E-state index contributed by atoms with van der Waals surface area (Å²) in [5.41, 5.74) is 3.42. The highest BCUT2D eigenvalue weighted by molar-refractivity contribution is 7.99. The number of fused-ring (bicyclic) bond motifs is 1. The standard InChI is InChI=1S/C22H22N4O2S/c1-25(13-17-12-23-26(15-17)14-16-5-3-2-4-6-16)22(28)18-7-8-20-19(11-18)24-21(27)9-10-29-20/h2-8,11-12,15H,9-10,13-14H2,1H3,(H,24,27). The number of nitrogens with one attached hydrogen (secondary N) is 1. The molecule has 148 valence electrons. The third-order valence-corrected chi connectivity index (χ3v) is 5.80. The van der Waals surface area contributed by atoms with Crippen LogP contribution < -0.4 is 5.32 Å². The first-order chi connectivity index (χ1) is 14.1. The molecule has 0 aliphatic carbocycles. The molecule has 1 aliphatic rings. The summed E-state index contributed by atoms with van der Waals surface area (Å²) in [5, 5.41) is 7.29. The minimum absolute atomic E-state index is 0.0139. The number of aromatic nitrogens is 2. The van der Waals surface area contributed by atoms with Crippen LogP contribution in [0.5, 0.6) is 0 Å². The number of hydrogen-bond donors (Lipinski definition) is 1. The third-order valence-electron chi connectivity index (χ3n) is 4.73. The van der Waals surface area contributed by atoms with Crippen LogP contribution in [0.3, 0.4) is 0 Å². The molecule has 0 spiro atoms. The Morgan fingerprint density at radius 2 is 2.03 bits per heavy atom. The normalized spacial score (nSPS) is 13.3. The fourth-order valence-electron chi connectivity index (χ4n) is 3.26.